The summed E-state index contributed by atoms with van der Waals surface area (Å²) in [6.45, 7) is 0. The van der Waals surface area contributed by atoms with E-state index in [2.05, 4.69) is 15.5 Å². The molecule has 0 bridgehead atoms. The Bertz CT molecular complexity index is 1470. The number of halogens is 1. The summed E-state index contributed by atoms with van der Waals surface area (Å²) in [4.78, 5) is 17.0. The van der Waals surface area contributed by atoms with Crippen LogP contribution in [0.5, 0.6) is 0 Å². The van der Waals surface area contributed by atoms with Crippen LogP contribution in [0.1, 0.15) is 5.56 Å². The molecule has 0 spiro atoms. The van der Waals surface area contributed by atoms with Gasteiger partial charge in [-0.1, -0.05) is 53.9 Å². The number of thiazole rings is 1. The minimum Gasteiger partial charge on any atom is -0.325 e. The number of amides is 1. The number of fused-ring (bicyclic) bond motifs is 2. The number of benzene rings is 3. The fraction of sp³-hybridized carbons (Fsp3) is 0.130. The van der Waals surface area contributed by atoms with Crippen molar-refractivity contribution in [3.63, 3.8) is 0 Å². The summed E-state index contributed by atoms with van der Waals surface area (Å²) in [7, 11) is 1.84. The largest absolute Gasteiger partial charge is 0.325 e. The molecule has 1 N–H and O–H groups in total. The molecule has 166 valence electrons. The number of hydrogen-bond acceptors (Lipinski definition) is 7. The molecule has 33 heavy (non-hydrogen) atoms. The summed E-state index contributed by atoms with van der Waals surface area (Å²) < 4.78 is 17.8. The highest BCUT2D eigenvalue weighted by Crippen LogP contribution is 2.34. The molecular formula is C23H18FN5OS3. The maximum absolute atomic E-state index is 14.1. The number of aryl methyl sites for hydroxylation is 1. The molecule has 2 heterocycles. The van der Waals surface area contributed by atoms with Gasteiger partial charge in [0.1, 0.15) is 12.1 Å². The van der Waals surface area contributed by atoms with Crippen LogP contribution in [-0.4, -0.2) is 31.4 Å². The molecule has 2 aromatic heterocycles. The van der Waals surface area contributed by atoms with Crippen molar-refractivity contribution in [2.75, 3.05) is 11.1 Å². The van der Waals surface area contributed by atoms with Crippen molar-refractivity contribution in [3.8, 4) is 0 Å². The quantitative estimate of drug-likeness (QED) is 0.290. The number of carbonyl (C=O) groups is 1. The van der Waals surface area contributed by atoms with Gasteiger partial charge in [-0.2, -0.15) is 0 Å². The minimum absolute atomic E-state index is 0.107. The van der Waals surface area contributed by atoms with Crippen LogP contribution >= 0.6 is 34.9 Å². The van der Waals surface area contributed by atoms with Crippen LogP contribution in [0.15, 0.2) is 70.4 Å². The Balaban J connectivity index is 1.25. The molecule has 5 rings (SSSR count). The number of thioether (sulfide) groups is 2. The van der Waals surface area contributed by atoms with Gasteiger partial charge >= 0.3 is 0 Å². The maximum Gasteiger partial charge on any atom is 0.234 e. The van der Waals surface area contributed by atoms with E-state index in [4.69, 9.17) is 4.98 Å². The Morgan fingerprint density at radius 3 is 2.79 bits per heavy atom. The fourth-order valence-corrected chi connectivity index (χ4v) is 6.16. The van der Waals surface area contributed by atoms with E-state index in [-0.39, 0.29) is 17.5 Å². The van der Waals surface area contributed by atoms with E-state index in [1.807, 2.05) is 49.5 Å². The number of rotatable bonds is 7. The van der Waals surface area contributed by atoms with Crippen LogP contribution in [0.25, 0.3) is 21.0 Å². The molecule has 0 saturated heterocycles. The Morgan fingerprint density at radius 1 is 1.12 bits per heavy atom. The topological polar surface area (TPSA) is 72.7 Å². The van der Waals surface area contributed by atoms with Gasteiger partial charge in [-0.05, 0) is 35.2 Å². The monoisotopic (exact) mass is 495 g/mol. The summed E-state index contributed by atoms with van der Waals surface area (Å²) in [5.41, 5.74) is 2.69. The number of nitrogens with one attached hydrogen (secondary N) is 1. The average molecular weight is 496 g/mol. The van der Waals surface area contributed by atoms with E-state index < -0.39 is 0 Å². The Kier molecular flexibility index (Phi) is 6.30. The van der Waals surface area contributed by atoms with E-state index in [0.717, 1.165) is 31.2 Å². The Labute approximate surface area is 201 Å². The second-order valence-corrected chi connectivity index (χ2v) is 10.5. The van der Waals surface area contributed by atoms with Crippen LogP contribution in [0, 0.1) is 5.82 Å². The van der Waals surface area contributed by atoms with Gasteiger partial charge in [-0.25, -0.2) is 9.37 Å². The summed E-state index contributed by atoms with van der Waals surface area (Å²) in [5, 5.41) is 13.0. The lowest BCUT2D eigenvalue weighted by atomic mass is 10.1. The van der Waals surface area contributed by atoms with E-state index in [1.165, 1.54) is 17.8 Å². The first-order valence-corrected chi connectivity index (χ1v) is 12.8. The zero-order chi connectivity index (χ0) is 22.8. The first kappa shape index (κ1) is 21.9. The van der Waals surface area contributed by atoms with E-state index in [9.17, 15) is 9.18 Å². The van der Waals surface area contributed by atoms with E-state index >= 15 is 0 Å². The van der Waals surface area contributed by atoms with Crippen molar-refractivity contribution in [3.05, 3.63) is 72.3 Å². The van der Waals surface area contributed by atoms with Crippen LogP contribution in [0.2, 0.25) is 0 Å². The van der Waals surface area contributed by atoms with Crippen LogP contribution < -0.4 is 5.32 Å². The molecule has 0 unspecified atom stereocenters. The number of aromatic nitrogens is 4. The molecule has 0 radical (unpaired) electrons. The van der Waals surface area contributed by atoms with Gasteiger partial charge in [0.05, 0.1) is 16.0 Å². The highest BCUT2D eigenvalue weighted by atomic mass is 32.2. The number of anilines is 1. The summed E-state index contributed by atoms with van der Waals surface area (Å²) in [6.07, 6.45) is 1.60. The van der Waals surface area contributed by atoms with Gasteiger partial charge in [-0.3, -0.25) is 4.79 Å². The molecule has 0 saturated carbocycles. The highest BCUT2D eigenvalue weighted by Gasteiger charge is 2.11. The smallest absolute Gasteiger partial charge is 0.234 e. The predicted octanol–water partition coefficient (Wildman–Crippen LogP) is 5.74. The second-order valence-electron chi connectivity index (χ2n) is 7.26. The molecule has 0 atom stereocenters. The lowest BCUT2D eigenvalue weighted by molar-refractivity contribution is -0.113. The van der Waals surface area contributed by atoms with Crippen molar-refractivity contribution >= 4 is 67.4 Å². The van der Waals surface area contributed by atoms with Gasteiger partial charge in [0.25, 0.3) is 0 Å². The summed E-state index contributed by atoms with van der Waals surface area (Å²) >= 11 is 4.54. The third-order valence-electron chi connectivity index (χ3n) is 4.97. The molecular weight excluding hydrogens is 477 g/mol. The standard InChI is InChI=1S/C23H18FN5OS3/c1-29-13-25-28-22(29)31-12-21(30)26-15-7-9-19-20(10-15)33-23(27-19)32-11-14-6-8-18(24)17-5-3-2-4-16(14)17/h2-10,13H,11-12H2,1H3,(H,26,30). The number of hydrogen-bond donors (Lipinski definition) is 1. The van der Waals surface area contributed by atoms with Gasteiger partial charge in [0.2, 0.25) is 5.91 Å². The third-order valence-corrected chi connectivity index (χ3v) is 8.21. The normalized spacial score (nSPS) is 11.3. The van der Waals surface area contributed by atoms with Gasteiger partial charge in [0, 0.05) is 23.9 Å². The second kappa shape index (κ2) is 9.50. The fourth-order valence-electron chi connectivity index (χ4n) is 3.36. The average Bonchev–Trinajstić information content (AvgIpc) is 3.42. The highest BCUT2D eigenvalue weighted by molar-refractivity contribution is 8.00. The molecule has 0 aliphatic carbocycles. The molecule has 10 heteroatoms. The maximum atomic E-state index is 14.1. The number of carbonyl (C=O) groups excluding carboxylic acids is 1. The Morgan fingerprint density at radius 2 is 1.97 bits per heavy atom. The van der Waals surface area contributed by atoms with Gasteiger partial charge in [-0.15, -0.1) is 21.5 Å². The van der Waals surface area contributed by atoms with Crippen molar-refractivity contribution in [2.45, 2.75) is 15.2 Å². The molecule has 5 aromatic rings. The lowest BCUT2D eigenvalue weighted by Gasteiger charge is -2.06. The van der Waals surface area contributed by atoms with E-state index in [1.54, 1.807) is 40.1 Å². The van der Waals surface area contributed by atoms with Crippen molar-refractivity contribution < 1.29 is 9.18 Å². The first-order chi connectivity index (χ1) is 16.1. The molecule has 3 aromatic carbocycles. The third kappa shape index (κ3) is 4.87. The SMILES string of the molecule is Cn1cnnc1SCC(=O)Nc1ccc2nc(SCc3ccc(F)c4ccccc34)sc2c1. The summed E-state index contributed by atoms with van der Waals surface area (Å²) in [6, 6.07) is 16.6. The molecule has 1 amide bonds. The zero-order valence-corrected chi connectivity index (χ0v) is 19.9. The zero-order valence-electron chi connectivity index (χ0n) is 17.5. The van der Waals surface area contributed by atoms with Crippen LogP contribution in [-0.2, 0) is 17.6 Å². The van der Waals surface area contributed by atoms with Crippen molar-refractivity contribution in [1.82, 2.24) is 19.7 Å². The van der Waals surface area contributed by atoms with Gasteiger partial charge < -0.3 is 9.88 Å². The van der Waals surface area contributed by atoms with Crippen molar-refractivity contribution in [2.24, 2.45) is 7.05 Å². The lowest BCUT2D eigenvalue weighted by Crippen LogP contribution is -2.14. The van der Waals surface area contributed by atoms with Crippen molar-refractivity contribution in [1.29, 1.82) is 0 Å². The van der Waals surface area contributed by atoms with Crippen LogP contribution in [0.4, 0.5) is 10.1 Å². The van der Waals surface area contributed by atoms with Gasteiger partial charge in [0.15, 0.2) is 9.50 Å². The van der Waals surface area contributed by atoms with E-state index in [0.29, 0.717) is 16.3 Å². The van der Waals surface area contributed by atoms with Crippen LogP contribution in [0.3, 0.4) is 0 Å². The number of nitrogens with zero attached hydrogens (tertiary/aromatic N) is 4. The molecule has 0 aliphatic rings. The summed E-state index contributed by atoms with van der Waals surface area (Å²) in [5.74, 6) is 0.636. The Hall–Kier alpha value is -2.95. The predicted molar refractivity (Wildman–Crippen MR) is 133 cm³/mol. The first-order valence-electron chi connectivity index (χ1n) is 10.0. The molecule has 6 nitrogen and oxygen atoms in total. The molecule has 0 fully saturated rings. The minimum atomic E-state index is -0.205. The molecule has 0 aliphatic heterocycles.